The van der Waals surface area contributed by atoms with Gasteiger partial charge in [0.25, 0.3) is 0 Å². The summed E-state index contributed by atoms with van der Waals surface area (Å²) in [6.07, 6.45) is 1.74. The van der Waals surface area contributed by atoms with Crippen LogP contribution in [0.1, 0.15) is 0 Å². The second-order valence-electron chi connectivity index (χ2n) is 2.60. The predicted octanol–water partition coefficient (Wildman–Crippen LogP) is 2.81. The first-order chi connectivity index (χ1) is 5.66. The summed E-state index contributed by atoms with van der Waals surface area (Å²) >= 11 is 5.77. The molecule has 0 bridgehead atoms. The largest absolute Gasteiger partial charge is 0.372 e. The Hall–Kier alpha value is -0.790. The van der Waals surface area contributed by atoms with E-state index >= 15 is 0 Å². The number of hydrogen-bond donors (Lipinski definition) is 0. The van der Waals surface area contributed by atoms with Crippen molar-refractivity contribution in [2.75, 3.05) is 13.2 Å². The highest BCUT2D eigenvalue weighted by molar-refractivity contribution is 6.31. The molecule has 0 saturated heterocycles. The Morgan fingerprint density at radius 2 is 2.17 bits per heavy atom. The normalized spacial score (nSPS) is 17.9. The Morgan fingerprint density at radius 1 is 1.50 bits per heavy atom. The van der Waals surface area contributed by atoms with Crippen LogP contribution in [0.25, 0.3) is 0 Å². The lowest BCUT2D eigenvalue weighted by molar-refractivity contribution is 0.175. The highest BCUT2D eigenvalue weighted by atomic mass is 35.5. The number of hydrogen-bond acceptors (Lipinski definition) is 1. The molecule has 0 unspecified atom stereocenters. The third kappa shape index (κ3) is 1.68. The molecule has 64 valence electrons. The van der Waals surface area contributed by atoms with Gasteiger partial charge in [-0.15, -0.1) is 0 Å². The minimum Gasteiger partial charge on any atom is -0.372 e. The Morgan fingerprint density at radius 3 is 2.58 bits per heavy atom. The molecule has 0 aromatic heterocycles. The van der Waals surface area contributed by atoms with Crippen LogP contribution >= 0.6 is 11.6 Å². The SMILES string of the molecule is C=CC1=C(C(=C)Cl)COCC1=C. The maximum Gasteiger partial charge on any atom is 0.0741 e. The fourth-order valence-electron chi connectivity index (χ4n) is 1.14. The summed E-state index contributed by atoms with van der Waals surface area (Å²) in [6, 6.07) is 0. The minimum atomic E-state index is 0.503. The lowest BCUT2D eigenvalue weighted by Crippen LogP contribution is -2.12. The quantitative estimate of drug-likeness (QED) is 0.638. The van der Waals surface area contributed by atoms with E-state index in [-0.39, 0.29) is 0 Å². The summed E-state index contributed by atoms with van der Waals surface area (Å²) in [5.41, 5.74) is 2.78. The third-order valence-electron chi connectivity index (χ3n) is 1.76. The Kier molecular flexibility index (Phi) is 2.90. The van der Waals surface area contributed by atoms with Gasteiger partial charge in [0.2, 0.25) is 0 Å². The van der Waals surface area contributed by atoms with Crippen molar-refractivity contribution in [1.82, 2.24) is 0 Å². The third-order valence-corrected chi connectivity index (χ3v) is 1.99. The van der Waals surface area contributed by atoms with Crippen molar-refractivity contribution in [1.29, 1.82) is 0 Å². The molecular weight excluding hydrogens is 172 g/mol. The number of ether oxygens (including phenoxy) is 1. The molecule has 0 N–H and O–H groups in total. The van der Waals surface area contributed by atoms with Crippen LogP contribution in [-0.4, -0.2) is 13.2 Å². The Balaban J connectivity index is 3.10. The van der Waals surface area contributed by atoms with Gasteiger partial charge in [0.1, 0.15) is 0 Å². The first-order valence-electron chi connectivity index (χ1n) is 3.63. The van der Waals surface area contributed by atoms with Crippen molar-refractivity contribution >= 4 is 11.6 Å². The highest BCUT2D eigenvalue weighted by Gasteiger charge is 2.14. The van der Waals surface area contributed by atoms with Crippen LogP contribution in [0, 0.1) is 0 Å². The summed E-state index contributed by atoms with van der Waals surface area (Å²) in [6.45, 7) is 12.2. The predicted molar refractivity (Wildman–Crippen MR) is 52.2 cm³/mol. The van der Waals surface area contributed by atoms with E-state index in [1.54, 1.807) is 6.08 Å². The lowest BCUT2D eigenvalue weighted by Gasteiger charge is -2.19. The van der Waals surface area contributed by atoms with Crippen LogP contribution in [0.2, 0.25) is 0 Å². The summed E-state index contributed by atoms with van der Waals surface area (Å²) in [4.78, 5) is 0. The van der Waals surface area contributed by atoms with Gasteiger partial charge in [-0.05, 0) is 11.1 Å². The van der Waals surface area contributed by atoms with Crippen LogP contribution in [0.3, 0.4) is 0 Å². The van der Waals surface area contributed by atoms with Crippen molar-refractivity contribution in [3.63, 3.8) is 0 Å². The first-order valence-corrected chi connectivity index (χ1v) is 4.01. The number of allylic oxidation sites excluding steroid dienone is 1. The maximum atomic E-state index is 5.77. The van der Waals surface area contributed by atoms with Crippen molar-refractivity contribution in [2.45, 2.75) is 0 Å². The average Bonchev–Trinajstić information content (AvgIpc) is 2.03. The molecule has 1 heterocycles. The van der Waals surface area contributed by atoms with E-state index in [1.807, 2.05) is 0 Å². The fraction of sp³-hybridized carbons (Fsp3) is 0.200. The van der Waals surface area contributed by atoms with Gasteiger partial charge in [0.05, 0.1) is 13.2 Å². The van der Waals surface area contributed by atoms with Gasteiger partial charge >= 0.3 is 0 Å². The van der Waals surface area contributed by atoms with Gasteiger partial charge in [0.15, 0.2) is 0 Å². The monoisotopic (exact) mass is 182 g/mol. The topological polar surface area (TPSA) is 9.23 Å². The first kappa shape index (κ1) is 9.30. The molecule has 0 spiro atoms. The Labute approximate surface area is 77.7 Å². The van der Waals surface area contributed by atoms with Gasteiger partial charge in [-0.3, -0.25) is 0 Å². The molecule has 1 aliphatic heterocycles. The maximum absolute atomic E-state index is 5.77. The summed E-state index contributed by atoms with van der Waals surface area (Å²) in [7, 11) is 0. The van der Waals surface area contributed by atoms with E-state index in [9.17, 15) is 0 Å². The van der Waals surface area contributed by atoms with E-state index in [0.29, 0.717) is 18.2 Å². The van der Waals surface area contributed by atoms with Gasteiger partial charge in [-0.2, -0.15) is 0 Å². The zero-order chi connectivity index (χ0) is 9.14. The van der Waals surface area contributed by atoms with Gasteiger partial charge < -0.3 is 4.74 Å². The fourth-order valence-corrected chi connectivity index (χ4v) is 1.29. The molecule has 0 saturated carbocycles. The smallest absolute Gasteiger partial charge is 0.0741 e. The zero-order valence-electron chi connectivity index (χ0n) is 6.90. The highest BCUT2D eigenvalue weighted by Crippen LogP contribution is 2.26. The summed E-state index contributed by atoms with van der Waals surface area (Å²) in [5, 5.41) is 0.505. The minimum absolute atomic E-state index is 0.503. The van der Waals surface area contributed by atoms with Crippen LogP contribution in [-0.2, 0) is 4.74 Å². The van der Waals surface area contributed by atoms with Gasteiger partial charge in [-0.25, -0.2) is 0 Å². The molecule has 1 rings (SSSR count). The molecule has 0 aromatic rings. The van der Waals surface area contributed by atoms with E-state index in [1.165, 1.54) is 0 Å². The molecule has 12 heavy (non-hydrogen) atoms. The van der Waals surface area contributed by atoms with Gasteiger partial charge in [-0.1, -0.05) is 37.4 Å². The van der Waals surface area contributed by atoms with E-state index in [4.69, 9.17) is 16.3 Å². The summed E-state index contributed by atoms with van der Waals surface area (Å²) < 4.78 is 5.24. The summed E-state index contributed by atoms with van der Waals surface area (Å²) in [5.74, 6) is 0. The number of halogens is 1. The van der Waals surface area contributed by atoms with Crippen LogP contribution in [0.5, 0.6) is 0 Å². The zero-order valence-corrected chi connectivity index (χ0v) is 7.66. The molecular formula is C10H11ClO. The van der Waals surface area contributed by atoms with Crippen molar-refractivity contribution in [3.8, 4) is 0 Å². The Bertz CT molecular complexity index is 274. The van der Waals surface area contributed by atoms with E-state index in [0.717, 1.165) is 16.7 Å². The lowest BCUT2D eigenvalue weighted by atomic mass is 10.00. The van der Waals surface area contributed by atoms with Crippen LogP contribution in [0.4, 0.5) is 0 Å². The van der Waals surface area contributed by atoms with Crippen molar-refractivity contribution in [3.05, 3.63) is 47.6 Å². The average molecular weight is 183 g/mol. The molecule has 2 heteroatoms. The van der Waals surface area contributed by atoms with Crippen molar-refractivity contribution in [2.24, 2.45) is 0 Å². The van der Waals surface area contributed by atoms with Crippen LogP contribution < -0.4 is 0 Å². The standard InChI is InChI=1S/C10H11ClO/c1-4-9-7(2)5-12-6-10(9)8(3)11/h4H,1-3,5-6H2. The van der Waals surface area contributed by atoms with E-state index < -0.39 is 0 Å². The molecule has 0 fully saturated rings. The molecule has 1 nitrogen and oxygen atoms in total. The molecule has 0 radical (unpaired) electrons. The molecule has 0 aliphatic carbocycles. The second-order valence-corrected chi connectivity index (χ2v) is 3.05. The van der Waals surface area contributed by atoms with Gasteiger partial charge in [0, 0.05) is 10.6 Å². The molecule has 0 atom stereocenters. The number of rotatable bonds is 2. The molecule has 0 amide bonds. The molecule has 1 aliphatic rings. The second kappa shape index (κ2) is 3.74. The van der Waals surface area contributed by atoms with Crippen LogP contribution in [0.15, 0.2) is 47.6 Å². The van der Waals surface area contributed by atoms with E-state index in [2.05, 4.69) is 19.7 Å². The molecule has 0 aromatic carbocycles. The van der Waals surface area contributed by atoms with Crippen molar-refractivity contribution < 1.29 is 4.74 Å².